The van der Waals surface area contributed by atoms with Crippen LogP contribution in [-0.2, 0) is 27.8 Å². The molecule has 0 radical (unpaired) electrons. The Morgan fingerprint density at radius 1 is 1.06 bits per heavy atom. The Morgan fingerprint density at radius 2 is 1.72 bits per heavy atom. The molecular weight excluding hydrogens is 448 g/mol. The molecule has 0 atom stereocenters. The fourth-order valence-electron chi connectivity index (χ4n) is 3.92. The molecule has 2 aromatic rings. The van der Waals surface area contributed by atoms with E-state index in [4.69, 9.17) is 16.3 Å². The predicted octanol–water partition coefficient (Wildman–Crippen LogP) is 4.50. The van der Waals surface area contributed by atoms with Crippen molar-refractivity contribution in [3.63, 3.8) is 0 Å². The van der Waals surface area contributed by atoms with Gasteiger partial charge in [-0.05, 0) is 55.2 Å². The molecule has 1 aliphatic heterocycles. The summed E-state index contributed by atoms with van der Waals surface area (Å²) in [5, 5.41) is 0.594. The van der Waals surface area contributed by atoms with Gasteiger partial charge in [0.1, 0.15) is 5.75 Å². The summed E-state index contributed by atoms with van der Waals surface area (Å²) in [6.45, 7) is 1.57. The second-order valence-corrected chi connectivity index (χ2v) is 10.5. The number of sulfonamides is 1. The van der Waals surface area contributed by atoms with Gasteiger partial charge in [-0.1, -0.05) is 36.6 Å². The molecule has 2 aromatic carbocycles. The molecule has 0 saturated carbocycles. The number of hydrogen-bond donors (Lipinski definition) is 0. The van der Waals surface area contributed by atoms with Crippen molar-refractivity contribution >= 4 is 27.5 Å². The minimum Gasteiger partial charge on any atom is -0.496 e. The van der Waals surface area contributed by atoms with Crippen molar-refractivity contribution in [1.82, 2.24) is 9.21 Å². The van der Waals surface area contributed by atoms with Gasteiger partial charge in [-0.3, -0.25) is 4.79 Å². The lowest BCUT2D eigenvalue weighted by Gasteiger charge is -2.20. The van der Waals surface area contributed by atoms with Crippen LogP contribution in [0.3, 0.4) is 0 Å². The van der Waals surface area contributed by atoms with E-state index in [-0.39, 0.29) is 5.91 Å². The number of carbonyl (C=O) groups excluding carboxylic acids is 1. The highest BCUT2D eigenvalue weighted by Crippen LogP contribution is 2.24. The molecule has 8 heteroatoms. The number of amides is 1. The first kappa shape index (κ1) is 24.6. The van der Waals surface area contributed by atoms with Gasteiger partial charge in [-0.25, -0.2) is 8.42 Å². The van der Waals surface area contributed by atoms with Crippen LogP contribution in [-0.4, -0.2) is 50.8 Å². The van der Waals surface area contributed by atoms with Crippen LogP contribution in [0.25, 0.3) is 0 Å². The second-order valence-electron chi connectivity index (χ2n) is 8.17. The van der Waals surface area contributed by atoms with E-state index in [1.807, 2.05) is 0 Å². The zero-order valence-electron chi connectivity index (χ0n) is 18.7. The summed E-state index contributed by atoms with van der Waals surface area (Å²) >= 11 is 6.08. The SMILES string of the molecule is COc1ccc(Cl)cc1CN(C)C(=O)CCc1ccc(S(=O)(=O)N2CCCCCC2)cc1. The third kappa shape index (κ3) is 6.24. The summed E-state index contributed by atoms with van der Waals surface area (Å²) in [5.74, 6) is 0.684. The van der Waals surface area contributed by atoms with E-state index in [0.29, 0.717) is 48.1 Å². The highest BCUT2D eigenvalue weighted by Gasteiger charge is 2.25. The summed E-state index contributed by atoms with van der Waals surface area (Å²) in [6.07, 6.45) is 4.86. The molecule has 1 saturated heterocycles. The maximum Gasteiger partial charge on any atom is 0.243 e. The standard InChI is InChI=1S/C24H31ClN2O4S/c1-26(18-20-17-21(25)10-13-23(20)31-2)24(28)14-9-19-7-11-22(12-8-19)32(29,30)27-15-5-3-4-6-16-27/h7-8,10-13,17H,3-6,9,14-16,18H2,1-2H3. The van der Waals surface area contributed by atoms with Crippen LogP contribution in [0.2, 0.25) is 5.02 Å². The Labute approximate surface area is 196 Å². The lowest BCUT2D eigenvalue weighted by molar-refractivity contribution is -0.130. The van der Waals surface area contributed by atoms with Crippen LogP contribution in [0.4, 0.5) is 0 Å². The average Bonchev–Trinajstić information content (AvgIpc) is 3.08. The Morgan fingerprint density at radius 3 is 2.34 bits per heavy atom. The molecule has 1 fully saturated rings. The predicted molar refractivity (Wildman–Crippen MR) is 126 cm³/mol. The van der Waals surface area contributed by atoms with Gasteiger partial charge in [0.15, 0.2) is 0 Å². The van der Waals surface area contributed by atoms with Gasteiger partial charge in [0, 0.05) is 43.7 Å². The highest BCUT2D eigenvalue weighted by atomic mass is 35.5. The summed E-state index contributed by atoms with van der Waals surface area (Å²) in [6, 6.07) is 12.3. The first-order valence-electron chi connectivity index (χ1n) is 11.0. The van der Waals surface area contributed by atoms with Gasteiger partial charge in [0.05, 0.1) is 12.0 Å². The molecule has 32 heavy (non-hydrogen) atoms. The molecule has 0 bridgehead atoms. The van der Waals surface area contributed by atoms with E-state index < -0.39 is 10.0 Å². The summed E-state index contributed by atoms with van der Waals surface area (Å²) in [7, 11) is -0.118. The maximum atomic E-state index is 12.9. The van der Waals surface area contributed by atoms with E-state index >= 15 is 0 Å². The smallest absolute Gasteiger partial charge is 0.243 e. The minimum absolute atomic E-state index is 0.00621. The number of rotatable bonds is 8. The number of ether oxygens (including phenoxy) is 1. The monoisotopic (exact) mass is 478 g/mol. The Bertz CT molecular complexity index is 1020. The zero-order valence-corrected chi connectivity index (χ0v) is 20.3. The molecule has 0 spiro atoms. The van der Waals surface area contributed by atoms with Crippen molar-refractivity contribution in [2.45, 2.75) is 50.0 Å². The second kappa shape index (κ2) is 11.2. The topological polar surface area (TPSA) is 66.9 Å². The number of aryl methyl sites for hydroxylation is 1. The van der Waals surface area contributed by atoms with Crippen LogP contribution in [0, 0.1) is 0 Å². The van der Waals surface area contributed by atoms with Gasteiger partial charge < -0.3 is 9.64 Å². The molecule has 1 heterocycles. The Balaban J connectivity index is 1.57. The lowest BCUT2D eigenvalue weighted by Crippen LogP contribution is -2.31. The summed E-state index contributed by atoms with van der Waals surface area (Å²) < 4.78 is 32.7. The Hall–Kier alpha value is -2.09. The molecule has 3 rings (SSSR count). The molecule has 0 N–H and O–H groups in total. The number of nitrogens with zero attached hydrogens (tertiary/aromatic N) is 2. The van der Waals surface area contributed by atoms with E-state index in [2.05, 4.69) is 0 Å². The van der Waals surface area contributed by atoms with Crippen molar-refractivity contribution in [2.75, 3.05) is 27.2 Å². The van der Waals surface area contributed by atoms with Crippen molar-refractivity contribution in [2.24, 2.45) is 0 Å². The van der Waals surface area contributed by atoms with E-state index in [1.165, 1.54) is 0 Å². The fourth-order valence-corrected chi connectivity index (χ4v) is 5.63. The van der Waals surface area contributed by atoms with Crippen LogP contribution in [0.1, 0.15) is 43.2 Å². The van der Waals surface area contributed by atoms with E-state index in [1.54, 1.807) is 65.8 Å². The molecule has 1 amide bonds. The third-order valence-electron chi connectivity index (χ3n) is 5.83. The van der Waals surface area contributed by atoms with Gasteiger partial charge in [-0.2, -0.15) is 4.31 Å². The maximum absolute atomic E-state index is 12.9. The number of halogens is 1. The van der Waals surface area contributed by atoms with Crippen LogP contribution >= 0.6 is 11.6 Å². The Kier molecular flexibility index (Phi) is 8.57. The van der Waals surface area contributed by atoms with Crippen LogP contribution in [0.15, 0.2) is 47.4 Å². The molecule has 0 unspecified atom stereocenters. The molecule has 0 aromatic heterocycles. The van der Waals surface area contributed by atoms with E-state index in [9.17, 15) is 13.2 Å². The van der Waals surface area contributed by atoms with E-state index in [0.717, 1.165) is 36.8 Å². The van der Waals surface area contributed by atoms with Crippen molar-refractivity contribution < 1.29 is 17.9 Å². The molecule has 1 aliphatic rings. The van der Waals surface area contributed by atoms with Crippen molar-refractivity contribution in [3.8, 4) is 5.75 Å². The quantitative estimate of drug-likeness (QED) is 0.560. The zero-order chi connectivity index (χ0) is 23.1. The average molecular weight is 479 g/mol. The highest BCUT2D eigenvalue weighted by molar-refractivity contribution is 7.89. The molecule has 6 nitrogen and oxygen atoms in total. The summed E-state index contributed by atoms with van der Waals surface area (Å²) in [5.41, 5.74) is 1.78. The largest absolute Gasteiger partial charge is 0.496 e. The number of methoxy groups -OCH3 is 1. The first-order chi connectivity index (χ1) is 15.3. The number of benzene rings is 2. The number of hydrogen-bond acceptors (Lipinski definition) is 4. The number of carbonyl (C=O) groups is 1. The third-order valence-corrected chi connectivity index (χ3v) is 7.98. The van der Waals surface area contributed by atoms with Gasteiger partial charge >= 0.3 is 0 Å². The molecular formula is C24H31ClN2O4S. The van der Waals surface area contributed by atoms with Crippen molar-refractivity contribution in [1.29, 1.82) is 0 Å². The van der Waals surface area contributed by atoms with Crippen LogP contribution in [0.5, 0.6) is 5.75 Å². The molecule has 0 aliphatic carbocycles. The van der Waals surface area contributed by atoms with Gasteiger partial charge in [-0.15, -0.1) is 0 Å². The normalized spacial score (nSPS) is 15.2. The fraction of sp³-hybridized carbons (Fsp3) is 0.458. The van der Waals surface area contributed by atoms with Crippen molar-refractivity contribution in [3.05, 3.63) is 58.6 Å². The van der Waals surface area contributed by atoms with Gasteiger partial charge in [0.2, 0.25) is 15.9 Å². The summed E-state index contributed by atoms with van der Waals surface area (Å²) in [4.78, 5) is 14.6. The molecule has 174 valence electrons. The lowest BCUT2D eigenvalue weighted by atomic mass is 10.1. The first-order valence-corrected chi connectivity index (χ1v) is 12.8. The minimum atomic E-state index is -3.46. The van der Waals surface area contributed by atoms with Crippen LogP contribution < -0.4 is 4.74 Å². The van der Waals surface area contributed by atoms with Gasteiger partial charge in [0.25, 0.3) is 0 Å².